The Morgan fingerprint density at radius 3 is 2.32 bits per heavy atom. The van der Waals surface area contributed by atoms with Crippen LogP contribution < -0.4 is 11.1 Å². The quantitative estimate of drug-likeness (QED) is 0.897. The molecule has 0 fully saturated rings. The van der Waals surface area contributed by atoms with E-state index in [2.05, 4.69) is 5.32 Å². The zero-order valence-electron chi connectivity index (χ0n) is 11.6. The highest BCUT2D eigenvalue weighted by Crippen LogP contribution is 2.26. The van der Waals surface area contributed by atoms with Crippen LogP contribution in [0.25, 0.3) is 0 Å². The molecular formula is C14H20Cl2N2O. The van der Waals surface area contributed by atoms with Gasteiger partial charge in [0.25, 0.3) is 0 Å². The second-order valence-corrected chi connectivity index (χ2v) is 6.56. The summed E-state index contributed by atoms with van der Waals surface area (Å²) in [4.78, 5) is 12.0. The molecule has 0 heterocycles. The first kappa shape index (κ1) is 16.3. The molecule has 1 rings (SSSR count). The van der Waals surface area contributed by atoms with Crippen molar-refractivity contribution in [1.29, 1.82) is 0 Å². The predicted octanol–water partition coefficient (Wildman–Crippen LogP) is 3.54. The largest absolute Gasteiger partial charge is 0.348 e. The highest BCUT2D eigenvalue weighted by molar-refractivity contribution is 6.42. The summed E-state index contributed by atoms with van der Waals surface area (Å²) in [5.41, 5.74) is 6.53. The van der Waals surface area contributed by atoms with Crippen LogP contribution in [-0.4, -0.2) is 11.9 Å². The van der Waals surface area contributed by atoms with Crippen LogP contribution in [-0.2, 0) is 4.79 Å². The molecule has 0 aliphatic carbocycles. The summed E-state index contributed by atoms with van der Waals surface area (Å²) in [6, 6.07) is 4.57. The van der Waals surface area contributed by atoms with Crippen molar-refractivity contribution < 1.29 is 4.79 Å². The van der Waals surface area contributed by atoms with Crippen molar-refractivity contribution in [3.05, 3.63) is 33.8 Å². The Labute approximate surface area is 124 Å². The number of carbonyl (C=O) groups is 1. The van der Waals surface area contributed by atoms with Gasteiger partial charge >= 0.3 is 0 Å². The van der Waals surface area contributed by atoms with E-state index in [1.54, 1.807) is 12.1 Å². The van der Waals surface area contributed by atoms with Crippen molar-refractivity contribution in [3.63, 3.8) is 0 Å². The summed E-state index contributed by atoms with van der Waals surface area (Å²) < 4.78 is 0. The summed E-state index contributed by atoms with van der Waals surface area (Å²) in [7, 11) is 0. The molecule has 0 bridgehead atoms. The van der Waals surface area contributed by atoms with Gasteiger partial charge in [-0.1, -0.05) is 50.0 Å². The fourth-order valence-corrected chi connectivity index (χ4v) is 1.87. The number of amides is 1. The van der Waals surface area contributed by atoms with Gasteiger partial charge in [-0.05, 0) is 30.0 Å². The van der Waals surface area contributed by atoms with E-state index in [9.17, 15) is 4.79 Å². The van der Waals surface area contributed by atoms with Gasteiger partial charge in [-0.15, -0.1) is 0 Å². The molecule has 0 aliphatic heterocycles. The third-order valence-corrected chi connectivity index (χ3v) is 3.76. The Morgan fingerprint density at radius 1 is 1.26 bits per heavy atom. The first-order valence-electron chi connectivity index (χ1n) is 6.14. The van der Waals surface area contributed by atoms with Crippen LogP contribution in [0.15, 0.2) is 18.2 Å². The second kappa shape index (κ2) is 6.12. The summed E-state index contributed by atoms with van der Waals surface area (Å²) in [5.74, 6) is -0.175. The summed E-state index contributed by atoms with van der Waals surface area (Å²) in [5, 5.41) is 3.85. The minimum atomic E-state index is -0.558. The number of halogens is 2. The minimum absolute atomic E-state index is 0.171. The van der Waals surface area contributed by atoms with Crippen LogP contribution in [0.2, 0.25) is 10.0 Å². The van der Waals surface area contributed by atoms with Crippen molar-refractivity contribution in [3.8, 4) is 0 Å². The van der Waals surface area contributed by atoms with Gasteiger partial charge in [0.05, 0.1) is 22.1 Å². The molecule has 0 saturated heterocycles. The number of nitrogens with two attached hydrogens (primary N) is 1. The Bertz CT molecular complexity index is 469. The molecule has 2 unspecified atom stereocenters. The van der Waals surface area contributed by atoms with E-state index in [1.165, 1.54) is 0 Å². The Balaban J connectivity index is 2.77. The smallest absolute Gasteiger partial charge is 0.237 e. The lowest BCUT2D eigenvalue weighted by Crippen LogP contribution is -2.49. The average molecular weight is 303 g/mol. The van der Waals surface area contributed by atoms with Crippen molar-refractivity contribution in [2.45, 2.75) is 39.8 Å². The predicted molar refractivity (Wildman–Crippen MR) is 80.5 cm³/mol. The van der Waals surface area contributed by atoms with Crippen LogP contribution in [0.4, 0.5) is 0 Å². The standard InChI is InChI=1S/C14H20Cl2N2O/c1-8(9-5-6-10(15)11(16)7-9)18-13(19)12(17)14(2,3)4/h5-8,12H,17H2,1-4H3,(H,18,19). The van der Waals surface area contributed by atoms with Crippen molar-refractivity contribution in [2.75, 3.05) is 0 Å². The van der Waals surface area contributed by atoms with Crippen LogP contribution in [0, 0.1) is 5.41 Å². The van der Waals surface area contributed by atoms with Crippen molar-refractivity contribution >= 4 is 29.1 Å². The Hall–Kier alpha value is -0.770. The van der Waals surface area contributed by atoms with Gasteiger partial charge in [-0.3, -0.25) is 4.79 Å². The van der Waals surface area contributed by atoms with Gasteiger partial charge in [-0.25, -0.2) is 0 Å². The van der Waals surface area contributed by atoms with Gasteiger partial charge in [0.2, 0.25) is 5.91 Å². The summed E-state index contributed by atoms with van der Waals surface area (Å²) >= 11 is 11.8. The first-order chi connectivity index (χ1) is 8.62. The number of nitrogens with one attached hydrogen (secondary N) is 1. The molecule has 0 aliphatic rings. The van der Waals surface area contributed by atoms with E-state index in [-0.39, 0.29) is 17.4 Å². The molecule has 0 spiro atoms. The highest BCUT2D eigenvalue weighted by atomic mass is 35.5. The first-order valence-corrected chi connectivity index (χ1v) is 6.89. The van der Waals surface area contributed by atoms with E-state index in [0.29, 0.717) is 10.0 Å². The Kier molecular flexibility index (Phi) is 5.25. The van der Waals surface area contributed by atoms with Gasteiger partial charge in [0, 0.05) is 0 Å². The van der Waals surface area contributed by atoms with E-state index in [1.807, 2.05) is 33.8 Å². The molecule has 5 heteroatoms. The minimum Gasteiger partial charge on any atom is -0.348 e. The monoisotopic (exact) mass is 302 g/mol. The third-order valence-electron chi connectivity index (χ3n) is 3.02. The zero-order valence-corrected chi connectivity index (χ0v) is 13.1. The fourth-order valence-electron chi connectivity index (χ4n) is 1.56. The molecule has 2 atom stereocenters. The molecule has 1 amide bonds. The molecule has 3 nitrogen and oxygen atoms in total. The fraction of sp³-hybridized carbons (Fsp3) is 0.500. The maximum Gasteiger partial charge on any atom is 0.237 e. The maximum absolute atomic E-state index is 12.0. The lowest BCUT2D eigenvalue weighted by Gasteiger charge is -2.27. The number of hydrogen-bond donors (Lipinski definition) is 2. The van der Waals surface area contributed by atoms with E-state index in [4.69, 9.17) is 28.9 Å². The number of hydrogen-bond acceptors (Lipinski definition) is 2. The van der Waals surface area contributed by atoms with Gasteiger partial charge in [0.15, 0.2) is 0 Å². The number of benzene rings is 1. The Morgan fingerprint density at radius 2 is 1.84 bits per heavy atom. The summed E-state index contributed by atoms with van der Waals surface area (Å²) in [6.07, 6.45) is 0. The van der Waals surface area contributed by atoms with Gasteiger partial charge in [-0.2, -0.15) is 0 Å². The van der Waals surface area contributed by atoms with E-state index >= 15 is 0 Å². The molecule has 3 N–H and O–H groups in total. The normalized spacial score (nSPS) is 14.9. The third kappa shape index (κ3) is 4.37. The molecule has 19 heavy (non-hydrogen) atoms. The maximum atomic E-state index is 12.0. The zero-order chi connectivity index (χ0) is 14.8. The lowest BCUT2D eigenvalue weighted by molar-refractivity contribution is -0.125. The molecular weight excluding hydrogens is 283 g/mol. The van der Waals surface area contributed by atoms with Gasteiger partial charge in [0.1, 0.15) is 0 Å². The SMILES string of the molecule is CC(NC(=O)C(N)C(C)(C)C)c1ccc(Cl)c(Cl)c1. The number of rotatable bonds is 3. The molecule has 106 valence electrons. The van der Waals surface area contributed by atoms with Crippen molar-refractivity contribution in [1.82, 2.24) is 5.32 Å². The molecule has 1 aromatic carbocycles. The molecule has 0 saturated carbocycles. The lowest BCUT2D eigenvalue weighted by atomic mass is 9.86. The van der Waals surface area contributed by atoms with Crippen LogP contribution >= 0.6 is 23.2 Å². The topological polar surface area (TPSA) is 55.1 Å². The van der Waals surface area contributed by atoms with Crippen LogP contribution in [0.5, 0.6) is 0 Å². The summed E-state index contributed by atoms with van der Waals surface area (Å²) in [6.45, 7) is 7.68. The second-order valence-electron chi connectivity index (χ2n) is 5.75. The van der Waals surface area contributed by atoms with Crippen LogP contribution in [0.3, 0.4) is 0 Å². The van der Waals surface area contributed by atoms with Gasteiger partial charge < -0.3 is 11.1 Å². The number of carbonyl (C=O) groups excluding carboxylic acids is 1. The van der Waals surface area contributed by atoms with E-state index < -0.39 is 6.04 Å². The van der Waals surface area contributed by atoms with Crippen molar-refractivity contribution in [2.24, 2.45) is 11.1 Å². The highest BCUT2D eigenvalue weighted by Gasteiger charge is 2.28. The average Bonchev–Trinajstić information content (AvgIpc) is 2.30. The van der Waals surface area contributed by atoms with E-state index in [0.717, 1.165) is 5.56 Å². The molecule has 0 radical (unpaired) electrons. The molecule has 0 aromatic heterocycles. The van der Waals surface area contributed by atoms with Crippen LogP contribution in [0.1, 0.15) is 39.3 Å². The molecule has 1 aromatic rings.